The Bertz CT molecular complexity index is 429. The second-order valence-electron chi connectivity index (χ2n) is 3.59. The molecule has 68 valence electrons. The van der Waals surface area contributed by atoms with Crippen LogP contribution in [-0.2, 0) is 0 Å². The zero-order valence-corrected chi connectivity index (χ0v) is 7.83. The number of benzene rings is 1. The first-order chi connectivity index (χ1) is 6.20. The third-order valence-electron chi connectivity index (χ3n) is 2.30. The van der Waals surface area contributed by atoms with E-state index >= 15 is 0 Å². The lowest BCUT2D eigenvalue weighted by molar-refractivity contribution is 0.449. The fourth-order valence-electron chi connectivity index (χ4n) is 1.73. The van der Waals surface area contributed by atoms with E-state index in [1.54, 1.807) is 0 Å². The van der Waals surface area contributed by atoms with Gasteiger partial charge in [-0.05, 0) is 12.0 Å². The predicted octanol–water partition coefficient (Wildman–Crippen LogP) is 3.00. The smallest absolute Gasteiger partial charge is 0.192 e. The molecule has 2 heteroatoms. The molecule has 0 aliphatic rings. The summed E-state index contributed by atoms with van der Waals surface area (Å²) in [7, 11) is 0. The van der Waals surface area contributed by atoms with Gasteiger partial charge in [0.1, 0.15) is 0 Å². The highest BCUT2D eigenvalue weighted by atomic mass is 16.3. The van der Waals surface area contributed by atoms with E-state index in [0.717, 1.165) is 16.5 Å². The zero-order chi connectivity index (χ0) is 9.42. The van der Waals surface area contributed by atoms with E-state index in [9.17, 15) is 5.11 Å². The number of nitrogens with one attached hydrogen (secondary N) is 1. The second-order valence-corrected chi connectivity index (χ2v) is 3.59. The van der Waals surface area contributed by atoms with Crippen LogP contribution in [0.15, 0.2) is 24.3 Å². The Balaban J connectivity index is 2.78. The Hall–Kier alpha value is -1.44. The molecule has 2 rings (SSSR count). The summed E-state index contributed by atoms with van der Waals surface area (Å²) >= 11 is 0. The predicted molar refractivity (Wildman–Crippen MR) is 54.1 cm³/mol. The number of rotatable bonds is 1. The number of aromatic nitrogens is 1. The third-order valence-corrected chi connectivity index (χ3v) is 2.30. The first-order valence-electron chi connectivity index (χ1n) is 4.49. The minimum absolute atomic E-state index is 0.302. The summed E-state index contributed by atoms with van der Waals surface area (Å²) in [6.45, 7) is 4.16. The van der Waals surface area contributed by atoms with Crippen molar-refractivity contribution in [2.24, 2.45) is 0 Å². The molecule has 1 aromatic heterocycles. The van der Waals surface area contributed by atoms with Crippen molar-refractivity contribution in [3.05, 3.63) is 29.8 Å². The fourth-order valence-corrected chi connectivity index (χ4v) is 1.73. The first kappa shape index (κ1) is 8.17. The maximum Gasteiger partial charge on any atom is 0.192 e. The van der Waals surface area contributed by atoms with Crippen LogP contribution in [0.1, 0.15) is 25.3 Å². The van der Waals surface area contributed by atoms with Gasteiger partial charge in [-0.1, -0.05) is 32.0 Å². The molecule has 0 aliphatic carbocycles. The zero-order valence-electron chi connectivity index (χ0n) is 7.83. The van der Waals surface area contributed by atoms with Gasteiger partial charge in [0.25, 0.3) is 0 Å². The van der Waals surface area contributed by atoms with Crippen molar-refractivity contribution < 1.29 is 5.11 Å². The molecule has 0 saturated carbocycles. The highest BCUT2D eigenvalue weighted by molar-refractivity contribution is 5.86. The van der Waals surface area contributed by atoms with E-state index < -0.39 is 0 Å². The molecule has 2 N–H and O–H groups in total. The van der Waals surface area contributed by atoms with Crippen LogP contribution in [0.2, 0.25) is 0 Å². The molecule has 0 atom stereocenters. The summed E-state index contributed by atoms with van der Waals surface area (Å²) in [5, 5.41) is 10.8. The second kappa shape index (κ2) is 2.80. The molecule has 0 unspecified atom stereocenters. The molecule has 1 aromatic carbocycles. The Labute approximate surface area is 77.2 Å². The van der Waals surface area contributed by atoms with E-state index in [1.165, 1.54) is 0 Å². The van der Waals surface area contributed by atoms with Gasteiger partial charge in [-0.3, -0.25) is 0 Å². The SMILES string of the molecule is CC(C)c1c(O)[nH]c2ccccc12. The van der Waals surface area contributed by atoms with Gasteiger partial charge in [0.05, 0.1) is 0 Å². The number of H-pyrrole nitrogens is 1. The quantitative estimate of drug-likeness (QED) is 0.686. The minimum atomic E-state index is 0.302. The monoisotopic (exact) mass is 175 g/mol. The van der Waals surface area contributed by atoms with E-state index in [-0.39, 0.29) is 0 Å². The van der Waals surface area contributed by atoms with Gasteiger partial charge in [0.15, 0.2) is 5.88 Å². The first-order valence-corrected chi connectivity index (χ1v) is 4.49. The Kier molecular flexibility index (Phi) is 1.76. The molecule has 0 saturated heterocycles. The summed E-state index contributed by atoms with van der Waals surface area (Å²) in [6, 6.07) is 7.95. The Morgan fingerprint density at radius 2 is 1.92 bits per heavy atom. The number of hydrogen-bond acceptors (Lipinski definition) is 1. The van der Waals surface area contributed by atoms with E-state index in [0.29, 0.717) is 11.8 Å². The van der Waals surface area contributed by atoms with E-state index in [2.05, 4.69) is 18.8 Å². The highest BCUT2D eigenvalue weighted by Crippen LogP contribution is 2.32. The summed E-state index contributed by atoms with van der Waals surface area (Å²) in [6.07, 6.45) is 0. The minimum Gasteiger partial charge on any atom is -0.494 e. The van der Waals surface area contributed by atoms with Crippen LogP contribution in [-0.4, -0.2) is 10.1 Å². The molecule has 0 aliphatic heterocycles. The van der Waals surface area contributed by atoms with Gasteiger partial charge in [0.2, 0.25) is 0 Å². The maximum absolute atomic E-state index is 9.65. The van der Waals surface area contributed by atoms with Crippen LogP contribution in [0.5, 0.6) is 5.88 Å². The molecule has 0 spiro atoms. The molecule has 2 aromatic rings. The van der Waals surface area contributed by atoms with Crippen molar-refractivity contribution in [3.8, 4) is 5.88 Å². The topological polar surface area (TPSA) is 36.0 Å². The average molecular weight is 175 g/mol. The van der Waals surface area contributed by atoms with Crippen molar-refractivity contribution in [2.45, 2.75) is 19.8 Å². The number of aromatic amines is 1. The van der Waals surface area contributed by atoms with E-state index in [1.807, 2.05) is 24.3 Å². The van der Waals surface area contributed by atoms with Crippen molar-refractivity contribution in [3.63, 3.8) is 0 Å². The standard InChI is InChI=1S/C11H13NO/c1-7(2)10-8-5-3-4-6-9(8)12-11(10)13/h3-7,12-13H,1-2H3. The van der Waals surface area contributed by atoms with Crippen molar-refractivity contribution in [2.75, 3.05) is 0 Å². The average Bonchev–Trinajstić information content (AvgIpc) is 2.39. The van der Waals surface area contributed by atoms with E-state index in [4.69, 9.17) is 0 Å². The van der Waals surface area contributed by atoms with Crippen LogP contribution in [0.4, 0.5) is 0 Å². The van der Waals surface area contributed by atoms with Crippen molar-refractivity contribution >= 4 is 10.9 Å². The summed E-state index contributed by atoms with van der Waals surface area (Å²) < 4.78 is 0. The Morgan fingerprint density at radius 1 is 1.23 bits per heavy atom. The molecule has 0 fully saturated rings. The van der Waals surface area contributed by atoms with Crippen LogP contribution in [0.3, 0.4) is 0 Å². The maximum atomic E-state index is 9.65. The van der Waals surface area contributed by atoms with Crippen LogP contribution in [0.25, 0.3) is 10.9 Å². The summed E-state index contributed by atoms with van der Waals surface area (Å²) in [4.78, 5) is 2.96. The molecule has 0 radical (unpaired) electrons. The molecule has 1 heterocycles. The van der Waals surface area contributed by atoms with Crippen molar-refractivity contribution in [1.29, 1.82) is 0 Å². The molecular weight excluding hydrogens is 162 g/mol. The lowest BCUT2D eigenvalue weighted by Gasteiger charge is -2.02. The highest BCUT2D eigenvalue weighted by Gasteiger charge is 2.12. The summed E-state index contributed by atoms with van der Waals surface area (Å²) in [5.74, 6) is 0.646. The molecule has 13 heavy (non-hydrogen) atoms. The Morgan fingerprint density at radius 3 is 2.62 bits per heavy atom. The lowest BCUT2D eigenvalue weighted by Crippen LogP contribution is -1.84. The molecule has 0 amide bonds. The largest absolute Gasteiger partial charge is 0.494 e. The van der Waals surface area contributed by atoms with Gasteiger partial charge < -0.3 is 10.1 Å². The van der Waals surface area contributed by atoms with Crippen LogP contribution in [0, 0.1) is 0 Å². The normalized spacial score (nSPS) is 11.3. The fraction of sp³-hybridized carbons (Fsp3) is 0.273. The van der Waals surface area contributed by atoms with Crippen LogP contribution >= 0.6 is 0 Å². The van der Waals surface area contributed by atoms with Gasteiger partial charge in [-0.25, -0.2) is 0 Å². The van der Waals surface area contributed by atoms with Gasteiger partial charge in [0, 0.05) is 16.5 Å². The number of aromatic hydroxyl groups is 1. The number of hydrogen-bond donors (Lipinski definition) is 2. The van der Waals surface area contributed by atoms with Gasteiger partial charge >= 0.3 is 0 Å². The molecule has 2 nitrogen and oxygen atoms in total. The lowest BCUT2D eigenvalue weighted by atomic mass is 10.0. The molecular formula is C11H13NO. The summed E-state index contributed by atoms with van der Waals surface area (Å²) in [5.41, 5.74) is 2.01. The van der Waals surface area contributed by atoms with Gasteiger partial charge in [-0.15, -0.1) is 0 Å². The number of fused-ring (bicyclic) bond motifs is 1. The number of para-hydroxylation sites is 1. The van der Waals surface area contributed by atoms with Crippen molar-refractivity contribution in [1.82, 2.24) is 4.98 Å². The van der Waals surface area contributed by atoms with Gasteiger partial charge in [-0.2, -0.15) is 0 Å². The van der Waals surface area contributed by atoms with Crippen LogP contribution < -0.4 is 0 Å². The third kappa shape index (κ3) is 1.18. The molecule has 0 bridgehead atoms.